The Morgan fingerprint density at radius 2 is 1.68 bits per heavy atom. The van der Waals surface area contributed by atoms with Crippen molar-refractivity contribution in [2.24, 2.45) is 0 Å². The van der Waals surface area contributed by atoms with Gasteiger partial charge in [0.2, 0.25) is 0 Å². The van der Waals surface area contributed by atoms with Crippen LogP contribution in [-0.4, -0.2) is 52.4 Å². The zero-order valence-corrected chi connectivity index (χ0v) is 19.0. The number of carbonyl (C=O) groups excluding carboxylic acids is 2. The van der Waals surface area contributed by atoms with E-state index in [9.17, 15) is 14.4 Å². The number of rotatable bonds is 8. The van der Waals surface area contributed by atoms with Crippen molar-refractivity contribution >= 4 is 29.3 Å². The van der Waals surface area contributed by atoms with Gasteiger partial charge in [0, 0.05) is 11.3 Å². The zero-order chi connectivity index (χ0) is 24.2. The van der Waals surface area contributed by atoms with Gasteiger partial charge in [-0.1, -0.05) is 48.5 Å². The van der Waals surface area contributed by atoms with Crippen LogP contribution < -0.4 is 10.6 Å². The fourth-order valence-corrected chi connectivity index (χ4v) is 4.69. The Morgan fingerprint density at radius 3 is 2.26 bits per heavy atom. The second-order valence-corrected chi connectivity index (χ2v) is 8.70. The summed E-state index contributed by atoms with van der Waals surface area (Å²) >= 11 is 1.14. The number of carbonyl (C=O) groups is 3. The van der Waals surface area contributed by atoms with E-state index in [1.165, 1.54) is 5.38 Å². The molecule has 1 aliphatic rings. The average molecular weight is 482 g/mol. The van der Waals surface area contributed by atoms with Crippen LogP contribution in [0.25, 0.3) is 11.1 Å². The number of hydrogen-bond donors (Lipinski definition) is 4. The minimum absolute atomic E-state index is 0.000821. The number of alkyl carbamates (subject to hydrolysis) is 1. The van der Waals surface area contributed by atoms with E-state index in [4.69, 9.17) is 14.9 Å². The third kappa shape index (κ3) is 4.78. The minimum Gasteiger partial charge on any atom is -0.480 e. The SMILES string of the molecule is CC(NC(=O)OCC1c2ccccc2-c2ccccc21)c1nc(C(=O)NC(CO)C(=O)O)cs1. The number of amides is 2. The first-order chi connectivity index (χ1) is 16.4. The fraction of sp³-hybridized carbons (Fsp3) is 0.250. The largest absolute Gasteiger partial charge is 0.480 e. The molecular formula is C24H23N3O6S. The predicted molar refractivity (Wildman–Crippen MR) is 125 cm³/mol. The first-order valence-corrected chi connectivity index (χ1v) is 11.5. The van der Waals surface area contributed by atoms with Gasteiger partial charge in [0.15, 0.2) is 6.04 Å². The second-order valence-electron chi connectivity index (χ2n) is 7.81. The van der Waals surface area contributed by atoms with Crippen molar-refractivity contribution in [3.8, 4) is 11.1 Å². The maximum absolute atomic E-state index is 12.5. The molecule has 2 atom stereocenters. The number of nitrogens with one attached hydrogen (secondary N) is 2. The summed E-state index contributed by atoms with van der Waals surface area (Å²) in [6.07, 6.45) is -0.609. The summed E-state index contributed by atoms with van der Waals surface area (Å²) in [4.78, 5) is 39.8. The van der Waals surface area contributed by atoms with Crippen molar-refractivity contribution in [3.63, 3.8) is 0 Å². The number of aromatic nitrogens is 1. The third-order valence-corrected chi connectivity index (χ3v) is 6.62. The molecule has 3 aromatic rings. The molecule has 1 aromatic heterocycles. The molecule has 0 saturated heterocycles. The van der Waals surface area contributed by atoms with Crippen LogP contribution in [0.15, 0.2) is 53.9 Å². The highest BCUT2D eigenvalue weighted by atomic mass is 32.1. The number of ether oxygens (including phenoxy) is 1. The molecule has 4 rings (SSSR count). The van der Waals surface area contributed by atoms with Gasteiger partial charge in [0.05, 0.1) is 12.6 Å². The van der Waals surface area contributed by atoms with Crippen molar-refractivity contribution in [1.82, 2.24) is 15.6 Å². The molecule has 0 spiro atoms. The smallest absolute Gasteiger partial charge is 0.407 e. The standard InChI is InChI=1S/C24H23N3O6S/c1-13(22-27-20(12-34-22)21(29)26-19(10-28)23(30)31)25-24(32)33-11-18-16-8-4-2-6-14(16)15-7-3-5-9-17(15)18/h2-9,12-13,18-19,28H,10-11H2,1H3,(H,25,32)(H,26,29)(H,30,31). The predicted octanol–water partition coefficient (Wildman–Crippen LogP) is 2.92. The Balaban J connectivity index is 1.36. The molecule has 0 saturated carbocycles. The first kappa shape index (κ1) is 23.4. The normalized spacial score (nSPS) is 13.9. The molecule has 4 N–H and O–H groups in total. The molecule has 0 aliphatic heterocycles. The molecular weight excluding hydrogens is 458 g/mol. The monoisotopic (exact) mass is 481 g/mol. The molecule has 1 heterocycles. The van der Waals surface area contributed by atoms with Gasteiger partial charge in [-0.05, 0) is 29.2 Å². The lowest BCUT2D eigenvalue weighted by molar-refractivity contribution is -0.140. The summed E-state index contributed by atoms with van der Waals surface area (Å²) in [5.41, 5.74) is 4.51. The van der Waals surface area contributed by atoms with Gasteiger partial charge in [-0.15, -0.1) is 11.3 Å². The molecule has 0 bridgehead atoms. The van der Waals surface area contributed by atoms with E-state index >= 15 is 0 Å². The van der Waals surface area contributed by atoms with Crippen LogP contribution in [0.2, 0.25) is 0 Å². The number of carboxylic acids is 1. The Kier molecular flexibility index (Phi) is 6.90. The molecule has 9 nitrogen and oxygen atoms in total. The number of benzene rings is 2. The van der Waals surface area contributed by atoms with Gasteiger partial charge in [0.25, 0.3) is 5.91 Å². The van der Waals surface area contributed by atoms with Crippen molar-refractivity contribution in [3.05, 3.63) is 75.7 Å². The van der Waals surface area contributed by atoms with E-state index in [0.717, 1.165) is 33.6 Å². The molecule has 0 radical (unpaired) electrons. The summed E-state index contributed by atoms with van der Waals surface area (Å²) < 4.78 is 5.53. The van der Waals surface area contributed by atoms with E-state index < -0.39 is 36.7 Å². The number of aliphatic carboxylic acids is 1. The van der Waals surface area contributed by atoms with Crippen LogP contribution in [0.3, 0.4) is 0 Å². The molecule has 2 unspecified atom stereocenters. The number of aliphatic hydroxyl groups is 1. The number of nitrogens with zero attached hydrogens (tertiary/aromatic N) is 1. The lowest BCUT2D eigenvalue weighted by atomic mass is 9.98. The number of fused-ring (bicyclic) bond motifs is 3. The van der Waals surface area contributed by atoms with Crippen LogP contribution >= 0.6 is 11.3 Å². The van der Waals surface area contributed by atoms with Gasteiger partial charge in [-0.2, -0.15) is 0 Å². The van der Waals surface area contributed by atoms with Gasteiger partial charge in [0.1, 0.15) is 17.3 Å². The van der Waals surface area contributed by atoms with Gasteiger partial charge in [-0.3, -0.25) is 4.79 Å². The Bertz CT molecular complexity index is 1180. The van der Waals surface area contributed by atoms with Crippen LogP contribution in [0.5, 0.6) is 0 Å². The zero-order valence-electron chi connectivity index (χ0n) is 18.2. The Hall–Kier alpha value is -3.76. The molecule has 1 aliphatic carbocycles. The topological polar surface area (TPSA) is 138 Å². The van der Waals surface area contributed by atoms with E-state index in [1.54, 1.807) is 6.92 Å². The van der Waals surface area contributed by atoms with Crippen LogP contribution in [0.4, 0.5) is 4.79 Å². The quantitative estimate of drug-likeness (QED) is 0.388. The van der Waals surface area contributed by atoms with E-state index in [1.807, 2.05) is 36.4 Å². The summed E-state index contributed by atoms with van der Waals surface area (Å²) in [6.45, 7) is 1.14. The third-order valence-electron chi connectivity index (χ3n) is 5.59. The van der Waals surface area contributed by atoms with Gasteiger partial charge in [-0.25, -0.2) is 14.6 Å². The van der Waals surface area contributed by atoms with Crippen LogP contribution in [0.1, 0.15) is 45.5 Å². The average Bonchev–Trinajstić information content (AvgIpc) is 3.45. The number of hydrogen-bond acceptors (Lipinski definition) is 7. The summed E-state index contributed by atoms with van der Waals surface area (Å²) in [5, 5.41) is 24.8. The van der Waals surface area contributed by atoms with Crippen LogP contribution in [0, 0.1) is 0 Å². The van der Waals surface area contributed by atoms with Crippen molar-refractivity contribution in [2.75, 3.05) is 13.2 Å². The molecule has 0 fully saturated rings. The molecule has 34 heavy (non-hydrogen) atoms. The second kappa shape index (κ2) is 10.0. The number of carboxylic acid groups (broad SMARTS) is 1. The summed E-state index contributed by atoms with van der Waals surface area (Å²) in [6, 6.07) is 14.2. The van der Waals surface area contributed by atoms with E-state index in [2.05, 4.69) is 27.8 Å². The highest BCUT2D eigenvalue weighted by molar-refractivity contribution is 7.09. The number of aliphatic hydroxyl groups excluding tert-OH is 1. The Morgan fingerprint density at radius 1 is 1.06 bits per heavy atom. The summed E-state index contributed by atoms with van der Waals surface area (Å²) in [5.74, 6) is -2.13. The molecule has 2 aromatic carbocycles. The van der Waals surface area contributed by atoms with E-state index in [-0.39, 0.29) is 18.2 Å². The highest BCUT2D eigenvalue weighted by Crippen LogP contribution is 2.44. The minimum atomic E-state index is -1.42. The highest BCUT2D eigenvalue weighted by Gasteiger charge is 2.29. The lowest BCUT2D eigenvalue weighted by Crippen LogP contribution is -2.43. The van der Waals surface area contributed by atoms with Crippen molar-refractivity contribution in [1.29, 1.82) is 0 Å². The van der Waals surface area contributed by atoms with Crippen molar-refractivity contribution in [2.45, 2.75) is 24.9 Å². The van der Waals surface area contributed by atoms with E-state index in [0.29, 0.717) is 5.01 Å². The first-order valence-electron chi connectivity index (χ1n) is 10.6. The fourth-order valence-electron chi connectivity index (χ4n) is 3.89. The molecule has 176 valence electrons. The maximum Gasteiger partial charge on any atom is 0.407 e. The number of thiazole rings is 1. The van der Waals surface area contributed by atoms with Gasteiger partial charge >= 0.3 is 12.1 Å². The van der Waals surface area contributed by atoms with Gasteiger partial charge < -0.3 is 25.6 Å². The molecule has 2 amide bonds. The Labute approximate surface area is 199 Å². The van der Waals surface area contributed by atoms with Crippen LogP contribution in [-0.2, 0) is 9.53 Å². The summed E-state index contributed by atoms with van der Waals surface area (Å²) in [7, 11) is 0. The maximum atomic E-state index is 12.5. The molecule has 10 heteroatoms. The van der Waals surface area contributed by atoms with Crippen molar-refractivity contribution < 1.29 is 29.3 Å². The lowest BCUT2D eigenvalue weighted by Gasteiger charge is -2.16.